The van der Waals surface area contributed by atoms with E-state index in [0.717, 1.165) is 16.3 Å². The molecule has 1 heterocycles. The van der Waals surface area contributed by atoms with Crippen LogP contribution in [0.1, 0.15) is 32.4 Å². The van der Waals surface area contributed by atoms with E-state index in [4.69, 9.17) is 5.11 Å². The van der Waals surface area contributed by atoms with E-state index < -0.39 is 0 Å². The number of aliphatic hydroxyl groups excluding tert-OH is 1. The van der Waals surface area contributed by atoms with Gasteiger partial charge in [0, 0.05) is 12.0 Å². The third kappa shape index (κ3) is 3.91. The largest absolute Gasteiger partial charge is 0.395 e. The van der Waals surface area contributed by atoms with Gasteiger partial charge in [-0.1, -0.05) is 24.0 Å². The number of carbonyl (C=O) groups excluding carboxylic acids is 1. The molecule has 21 heavy (non-hydrogen) atoms. The zero-order valence-electron chi connectivity index (χ0n) is 11.9. The molecule has 2 N–H and O–H groups in total. The molecule has 0 spiro atoms. The number of nitrogens with zero attached hydrogens (tertiary/aromatic N) is 1. The van der Waals surface area contributed by atoms with Crippen molar-refractivity contribution in [1.29, 1.82) is 0 Å². The maximum absolute atomic E-state index is 12.3. The predicted molar refractivity (Wildman–Crippen MR) is 84.6 cm³/mol. The van der Waals surface area contributed by atoms with Crippen LogP contribution >= 0.6 is 11.3 Å². The molecule has 0 aliphatic heterocycles. The van der Waals surface area contributed by atoms with Crippen molar-refractivity contribution in [2.24, 2.45) is 0 Å². The number of aromatic nitrogens is 1. The SMILES string of the molecule is Cc1nc(C)c(C(=O)Nc2ccccc2C#CCCO)s1. The molecule has 0 fully saturated rings. The van der Waals surface area contributed by atoms with Gasteiger partial charge in [0.05, 0.1) is 23.0 Å². The third-order valence-electron chi connectivity index (χ3n) is 2.74. The number of rotatable bonds is 3. The Hall–Kier alpha value is -2.16. The summed E-state index contributed by atoms with van der Waals surface area (Å²) < 4.78 is 0. The summed E-state index contributed by atoms with van der Waals surface area (Å²) in [6.07, 6.45) is 0.412. The molecule has 0 saturated carbocycles. The molecule has 5 heteroatoms. The summed E-state index contributed by atoms with van der Waals surface area (Å²) in [6.45, 7) is 3.73. The lowest BCUT2D eigenvalue weighted by Gasteiger charge is -2.06. The number of aryl methyl sites for hydroxylation is 2. The molecule has 2 rings (SSSR count). The highest BCUT2D eigenvalue weighted by atomic mass is 32.1. The summed E-state index contributed by atoms with van der Waals surface area (Å²) in [7, 11) is 0. The summed E-state index contributed by atoms with van der Waals surface area (Å²) in [5, 5.41) is 12.5. The highest BCUT2D eigenvalue weighted by Gasteiger charge is 2.14. The highest BCUT2D eigenvalue weighted by Crippen LogP contribution is 2.20. The molecular weight excluding hydrogens is 284 g/mol. The summed E-state index contributed by atoms with van der Waals surface area (Å²) in [4.78, 5) is 17.2. The van der Waals surface area contributed by atoms with Crippen molar-refractivity contribution in [1.82, 2.24) is 4.98 Å². The maximum atomic E-state index is 12.3. The second-order valence-electron chi connectivity index (χ2n) is 4.42. The third-order valence-corrected chi connectivity index (χ3v) is 3.82. The van der Waals surface area contributed by atoms with Gasteiger partial charge in [0.2, 0.25) is 0 Å². The zero-order valence-corrected chi connectivity index (χ0v) is 12.8. The van der Waals surface area contributed by atoms with E-state index in [2.05, 4.69) is 22.1 Å². The minimum atomic E-state index is -0.172. The van der Waals surface area contributed by atoms with Crippen molar-refractivity contribution in [3.63, 3.8) is 0 Å². The molecule has 108 valence electrons. The predicted octanol–water partition coefficient (Wildman–Crippen LogP) is 2.75. The van der Waals surface area contributed by atoms with Crippen molar-refractivity contribution in [3.8, 4) is 11.8 Å². The average Bonchev–Trinajstić information content (AvgIpc) is 2.80. The van der Waals surface area contributed by atoms with Crippen LogP contribution in [0.5, 0.6) is 0 Å². The number of hydrogen-bond acceptors (Lipinski definition) is 4. The van der Waals surface area contributed by atoms with Crippen LogP contribution < -0.4 is 5.32 Å². The minimum absolute atomic E-state index is 0.0286. The number of aliphatic hydroxyl groups is 1. The fraction of sp³-hybridized carbons (Fsp3) is 0.250. The van der Waals surface area contributed by atoms with Gasteiger partial charge >= 0.3 is 0 Å². The van der Waals surface area contributed by atoms with E-state index in [1.165, 1.54) is 11.3 Å². The van der Waals surface area contributed by atoms with E-state index in [-0.39, 0.29) is 12.5 Å². The summed E-state index contributed by atoms with van der Waals surface area (Å²) in [6, 6.07) is 7.35. The lowest BCUT2D eigenvalue weighted by atomic mass is 10.1. The van der Waals surface area contributed by atoms with Gasteiger partial charge in [0.15, 0.2) is 0 Å². The molecule has 0 bridgehead atoms. The Bertz CT molecular complexity index is 711. The fourth-order valence-corrected chi connectivity index (χ4v) is 2.65. The number of para-hydroxylation sites is 1. The Labute approximate surface area is 127 Å². The van der Waals surface area contributed by atoms with Crippen LogP contribution in [0.3, 0.4) is 0 Å². The van der Waals surface area contributed by atoms with Crippen molar-refractivity contribution in [2.45, 2.75) is 20.3 Å². The summed E-state index contributed by atoms with van der Waals surface area (Å²) >= 11 is 1.38. The fourth-order valence-electron chi connectivity index (χ4n) is 1.84. The van der Waals surface area contributed by atoms with E-state index in [0.29, 0.717) is 17.0 Å². The van der Waals surface area contributed by atoms with Gasteiger partial charge in [0.1, 0.15) is 4.88 Å². The second kappa shape index (κ2) is 7.02. The molecule has 4 nitrogen and oxygen atoms in total. The minimum Gasteiger partial charge on any atom is -0.395 e. The first-order valence-electron chi connectivity index (χ1n) is 6.56. The van der Waals surface area contributed by atoms with Gasteiger partial charge < -0.3 is 10.4 Å². The highest BCUT2D eigenvalue weighted by molar-refractivity contribution is 7.13. The van der Waals surface area contributed by atoms with Gasteiger partial charge in [-0.05, 0) is 26.0 Å². The molecule has 1 aromatic heterocycles. The number of nitrogens with one attached hydrogen (secondary N) is 1. The van der Waals surface area contributed by atoms with Gasteiger partial charge in [-0.3, -0.25) is 4.79 Å². The Kier molecular flexibility index (Phi) is 5.09. The Balaban J connectivity index is 2.22. The van der Waals surface area contributed by atoms with Crippen molar-refractivity contribution >= 4 is 22.9 Å². The number of thiazole rings is 1. The van der Waals surface area contributed by atoms with Gasteiger partial charge in [0.25, 0.3) is 5.91 Å². The number of carbonyl (C=O) groups is 1. The Morgan fingerprint density at radius 3 is 2.81 bits per heavy atom. The maximum Gasteiger partial charge on any atom is 0.267 e. The van der Waals surface area contributed by atoms with Gasteiger partial charge in [-0.15, -0.1) is 11.3 Å². The van der Waals surface area contributed by atoms with Crippen LogP contribution in [0.4, 0.5) is 5.69 Å². The zero-order chi connectivity index (χ0) is 15.2. The quantitative estimate of drug-likeness (QED) is 0.857. The lowest BCUT2D eigenvalue weighted by Crippen LogP contribution is -2.12. The topological polar surface area (TPSA) is 62.2 Å². The normalized spacial score (nSPS) is 9.86. The lowest BCUT2D eigenvalue weighted by molar-refractivity contribution is 0.103. The van der Waals surface area contributed by atoms with Crippen molar-refractivity contribution in [3.05, 3.63) is 45.4 Å². The monoisotopic (exact) mass is 300 g/mol. The van der Waals surface area contributed by atoms with E-state index in [1.807, 2.05) is 38.1 Å². The second-order valence-corrected chi connectivity index (χ2v) is 5.63. The molecule has 0 unspecified atom stereocenters. The van der Waals surface area contributed by atoms with E-state index in [1.54, 1.807) is 0 Å². The number of amides is 1. The number of hydrogen-bond donors (Lipinski definition) is 2. The van der Waals surface area contributed by atoms with Crippen LogP contribution in [-0.4, -0.2) is 22.6 Å². The van der Waals surface area contributed by atoms with E-state index >= 15 is 0 Å². The Morgan fingerprint density at radius 1 is 1.38 bits per heavy atom. The standard InChI is InChI=1S/C16H16N2O2S/c1-11-15(21-12(2)17-11)16(20)18-14-9-4-3-7-13(14)8-5-6-10-19/h3-4,7,9,19H,6,10H2,1-2H3,(H,18,20). The molecule has 1 amide bonds. The first-order valence-corrected chi connectivity index (χ1v) is 7.37. The van der Waals surface area contributed by atoms with Gasteiger partial charge in [-0.2, -0.15) is 0 Å². The summed E-state index contributed by atoms with van der Waals surface area (Å²) in [5.74, 6) is 5.64. The van der Waals surface area contributed by atoms with Crippen LogP contribution in [0, 0.1) is 25.7 Å². The summed E-state index contributed by atoms with van der Waals surface area (Å²) in [5.41, 5.74) is 2.13. The number of benzene rings is 1. The van der Waals surface area contributed by atoms with Crippen molar-refractivity contribution in [2.75, 3.05) is 11.9 Å². The molecule has 0 saturated heterocycles. The molecule has 0 aliphatic rings. The molecule has 0 atom stereocenters. The van der Waals surface area contributed by atoms with Crippen molar-refractivity contribution < 1.29 is 9.90 Å². The molecule has 0 radical (unpaired) electrons. The Morgan fingerprint density at radius 2 is 2.14 bits per heavy atom. The average molecular weight is 300 g/mol. The van der Waals surface area contributed by atoms with E-state index in [9.17, 15) is 4.79 Å². The molecular formula is C16H16N2O2S. The molecule has 1 aromatic carbocycles. The van der Waals surface area contributed by atoms with Gasteiger partial charge in [-0.25, -0.2) is 4.98 Å². The van der Waals surface area contributed by atoms with Crippen LogP contribution in [0.15, 0.2) is 24.3 Å². The van der Waals surface area contributed by atoms with Crippen LogP contribution in [0.25, 0.3) is 0 Å². The molecule has 0 aliphatic carbocycles. The number of anilines is 1. The van der Waals surface area contributed by atoms with Crippen LogP contribution in [0.2, 0.25) is 0 Å². The molecule has 2 aromatic rings. The first-order chi connectivity index (χ1) is 10.1. The smallest absolute Gasteiger partial charge is 0.267 e. The first kappa shape index (κ1) is 15.2. The van der Waals surface area contributed by atoms with Crippen LogP contribution in [-0.2, 0) is 0 Å².